The van der Waals surface area contributed by atoms with Gasteiger partial charge in [-0.25, -0.2) is 0 Å². The largest absolute Gasteiger partial charge is 0.303 e. The fourth-order valence-electron chi connectivity index (χ4n) is 1.16. The minimum atomic E-state index is -0.0474. The molecule has 1 unspecified atom stereocenters. The summed E-state index contributed by atoms with van der Waals surface area (Å²) in [7, 11) is 0. The molecule has 0 aromatic heterocycles. The second kappa shape index (κ2) is 6.09. The zero-order chi connectivity index (χ0) is 11.3. The van der Waals surface area contributed by atoms with E-state index in [9.17, 15) is 4.79 Å². The quantitative estimate of drug-likeness (QED) is 0.758. The number of carbonyl (C=O) groups is 1. The Morgan fingerprint density at radius 2 is 2.07 bits per heavy atom. The molecule has 1 rings (SSSR count). The van der Waals surface area contributed by atoms with Gasteiger partial charge in [-0.2, -0.15) is 0 Å². The average Bonchev–Trinajstić information content (AvgIpc) is 2.29. The first-order valence-electron chi connectivity index (χ1n) is 4.70. The molecule has 0 amide bonds. The maximum atomic E-state index is 10.5. The monoisotopic (exact) mass is 286 g/mol. The molecule has 0 bridgehead atoms. The van der Waals surface area contributed by atoms with Crippen molar-refractivity contribution in [2.24, 2.45) is 5.92 Å². The highest BCUT2D eigenvalue weighted by Gasteiger charge is 2.08. The van der Waals surface area contributed by atoms with Gasteiger partial charge in [0, 0.05) is 15.4 Å². The summed E-state index contributed by atoms with van der Waals surface area (Å²) in [6.45, 7) is 1.85. The van der Waals surface area contributed by atoms with E-state index in [2.05, 4.69) is 15.9 Å². The van der Waals surface area contributed by atoms with Gasteiger partial charge in [0.2, 0.25) is 0 Å². The normalized spacial score (nSPS) is 14.3. The number of carbonyl (C=O) groups excluding carboxylic acids is 1. The Balaban J connectivity index is 2.86. The van der Waals surface area contributed by atoms with Gasteiger partial charge < -0.3 is 4.79 Å². The Kier molecular flexibility index (Phi) is 5.06. The SMILES string of the molecule is CC(C=O)C/C(Cl)=C(/Br)c1ccccc1. The van der Waals surface area contributed by atoms with Crippen molar-refractivity contribution in [2.45, 2.75) is 13.3 Å². The average molecular weight is 288 g/mol. The molecule has 0 fully saturated rings. The van der Waals surface area contributed by atoms with Crippen molar-refractivity contribution in [2.75, 3.05) is 0 Å². The van der Waals surface area contributed by atoms with Crippen molar-refractivity contribution >= 4 is 38.3 Å². The van der Waals surface area contributed by atoms with Crippen LogP contribution in [-0.2, 0) is 4.79 Å². The van der Waals surface area contributed by atoms with Crippen LogP contribution in [0.15, 0.2) is 35.4 Å². The van der Waals surface area contributed by atoms with Crippen LogP contribution in [0.4, 0.5) is 0 Å². The Morgan fingerprint density at radius 3 is 2.60 bits per heavy atom. The molecule has 0 aliphatic rings. The highest BCUT2D eigenvalue weighted by Crippen LogP contribution is 2.30. The highest BCUT2D eigenvalue weighted by molar-refractivity contribution is 9.15. The van der Waals surface area contributed by atoms with Gasteiger partial charge in [-0.15, -0.1) is 0 Å². The number of halogens is 2. The zero-order valence-corrected chi connectivity index (χ0v) is 10.8. The number of rotatable bonds is 4. The maximum Gasteiger partial charge on any atom is 0.123 e. The molecule has 1 aromatic carbocycles. The van der Waals surface area contributed by atoms with Crippen LogP contribution in [0.3, 0.4) is 0 Å². The molecule has 1 aromatic rings. The third kappa shape index (κ3) is 3.80. The van der Waals surface area contributed by atoms with E-state index in [-0.39, 0.29) is 5.92 Å². The van der Waals surface area contributed by atoms with E-state index >= 15 is 0 Å². The van der Waals surface area contributed by atoms with Crippen LogP contribution in [0.1, 0.15) is 18.9 Å². The Hall–Kier alpha value is -0.600. The van der Waals surface area contributed by atoms with E-state index in [1.165, 1.54) is 0 Å². The molecule has 0 aliphatic carbocycles. The Morgan fingerprint density at radius 1 is 1.47 bits per heavy atom. The van der Waals surface area contributed by atoms with Crippen molar-refractivity contribution in [3.63, 3.8) is 0 Å². The minimum Gasteiger partial charge on any atom is -0.303 e. The lowest BCUT2D eigenvalue weighted by atomic mass is 10.1. The third-order valence-corrected chi connectivity index (χ3v) is 3.51. The molecule has 0 N–H and O–H groups in total. The van der Waals surface area contributed by atoms with Gasteiger partial charge in [0.1, 0.15) is 6.29 Å². The molecule has 0 radical (unpaired) electrons. The summed E-state index contributed by atoms with van der Waals surface area (Å²) in [5.74, 6) is -0.0474. The molecule has 0 saturated heterocycles. The van der Waals surface area contributed by atoms with Gasteiger partial charge in [-0.05, 0) is 27.9 Å². The molecule has 0 spiro atoms. The first-order chi connectivity index (χ1) is 7.15. The van der Waals surface area contributed by atoms with Crippen LogP contribution >= 0.6 is 27.5 Å². The maximum absolute atomic E-state index is 10.5. The number of allylic oxidation sites excluding steroid dienone is 1. The third-order valence-electron chi connectivity index (χ3n) is 2.00. The van der Waals surface area contributed by atoms with Crippen molar-refractivity contribution < 1.29 is 4.79 Å². The van der Waals surface area contributed by atoms with Gasteiger partial charge in [0.25, 0.3) is 0 Å². The van der Waals surface area contributed by atoms with Crippen molar-refractivity contribution in [3.8, 4) is 0 Å². The van der Waals surface area contributed by atoms with Crippen molar-refractivity contribution in [3.05, 3.63) is 40.9 Å². The summed E-state index contributed by atoms with van der Waals surface area (Å²) in [5, 5.41) is 0.681. The predicted molar refractivity (Wildman–Crippen MR) is 68.0 cm³/mol. The van der Waals surface area contributed by atoms with E-state index < -0.39 is 0 Å². The van der Waals surface area contributed by atoms with Crippen LogP contribution in [0.5, 0.6) is 0 Å². The first-order valence-corrected chi connectivity index (χ1v) is 5.87. The highest BCUT2D eigenvalue weighted by atomic mass is 79.9. The smallest absolute Gasteiger partial charge is 0.123 e. The summed E-state index contributed by atoms with van der Waals surface area (Å²) < 4.78 is 0.860. The molecule has 80 valence electrons. The van der Waals surface area contributed by atoms with E-state index in [1.807, 2.05) is 37.3 Å². The molecule has 15 heavy (non-hydrogen) atoms. The van der Waals surface area contributed by atoms with Gasteiger partial charge in [-0.3, -0.25) is 0 Å². The fraction of sp³-hybridized carbons (Fsp3) is 0.250. The summed E-state index contributed by atoms with van der Waals surface area (Å²) in [6, 6.07) is 9.79. The molecule has 0 aliphatic heterocycles. The molecule has 3 heteroatoms. The summed E-state index contributed by atoms with van der Waals surface area (Å²) in [4.78, 5) is 10.5. The second-order valence-electron chi connectivity index (χ2n) is 3.40. The lowest BCUT2D eigenvalue weighted by Crippen LogP contribution is -1.95. The molecule has 1 atom stereocenters. The van der Waals surface area contributed by atoms with Crippen LogP contribution in [0.2, 0.25) is 0 Å². The lowest BCUT2D eigenvalue weighted by molar-refractivity contribution is -0.110. The second-order valence-corrected chi connectivity index (χ2v) is 4.65. The van der Waals surface area contributed by atoms with E-state index in [1.54, 1.807) is 0 Å². The Labute approximate surface area is 103 Å². The standard InChI is InChI=1S/C12H12BrClO/c1-9(8-15)7-11(14)12(13)10-5-3-2-4-6-10/h2-6,8-9H,7H2,1H3/b12-11-. The number of benzene rings is 1. The fourth-order valence-corrected chi connectivity index (χ4v) is 1.94. The molecule has 0 heterocycles. The molecular formula is C12H12BrClO. The number of hydrogen-bond acceptors (Lipinski definition) is 1. The van der Waals surface area contributed by atoms with Crippen LogP contribution in [-0.4, -0.2) is 6.29 Å². The van der Waals surface area contributed by atoms with Crippen molar-refractivity contribution in [1.82, 2.24) is 0 Å². The van der Waals surface area contributed by atoms with Crippen LogP contribution in [0, 0.1) is 5.92 Å². The van der Waals surface area contributed by atoms with Gasteiger partial charge in [0.05, 0.1) is 0 Å². The van der Waals surface area contributed by atoms with E-state index in [4.69, 9.17) is 11.6 Å². The number of hydrogen-bond donors (Lipinski definition) is 0. The van der Waals surface area contributed by atoms with Gasteiger partial charge in [-0.1, -0.05) is 48.9 Å². The minimum absolute atomic E-state index is 0.0474. The van der Waals surface area contributed by atoms with Gasteiger partial charge in [0.15, 0.2) is 0 Å². The van der Waals surface area contributed by atoms with E-state index in [0.717, 1.165) is 16.3 Å². The molecular weight excluding hydrogens is 275 g/mol. The number of aldehydes is 1. The van der Waals surface area contributed by atoms with Gasteiger partial charge >= 0.3 is 0 Å². The van der Waals surface area contributed by atoms with Crippen LogP contribution in [0.25, 0.3) is 4.48 Å². The summed E-state index contributed by atoms with van der Waals surface area (Å²) in [6.07, 6.45) is 1.48. The first kappa shape index (κ1) is 12.5. The van der Waals surface area contributed by atoms with Crippen LogP contribution < -0.4 is 0 Å². The molecule has 1 nitrogen and oxygen atoms in total. The summed E-state index contributed by atoms with van der Waals surface area (Å²) >= 11 is 9.55. The molecule has 0 saturated carbocycles. The topological polar surface area (TPSA) is 17.1 Å². The predicted octanol–water partition coefficient (Wildman–Crippen LogP) is 4.21. The summed E-state index contributed by atoms with van der Waals surface area (Å²) in [5.41, 5.74) is 1.03. The lowest BCUT2D eigenvalue weighted by Gasteiger charge is -2.06. The zero-order valence-electron chi connectivity index (χ0n) is 8.41. The van der Waals surface area contributed by atoms with Crippen molar-refractivity contribution in [1.29, 1.82) is 0 Å². The van der Waals surface area contributed by atoms with E-state index in [0.29, 0.717) is 11.5 Å². The Bertz CT molecular complexity index is 359.